The van der Waals surface area contributed by atoms with Gasteiger partial charge in [0.05, 0.1) is 0 Å². The fourth-order valence-electron chi connectivity index (χ4n) is 3.70. The summed E-state index contributed by atoms with van der Waals surface area (Å²) in [5, 5.41) is 0. The maximum absolute atomic E-state index is 14.2. The van der Waals surface area contributed by atoms with Gasteiger partial charge in [-0.1, -0.05) is 50.2 Å². The van der Waals surface area contributed by atoms with E-state index < -0.39 is 12.4 Å². The van der Waals surface area contributed by atoms with Crippen LogP contribution in [-0.4, -0.2) is 6.61 Å². The first-order valence-corrected chi connectivity index (χ1v) is 10.5. The number of ether oxygens (including phenoxy) is 2. The highest BCUT2D eigenvalue weighted by atomic mass is 19.3. The molecule has 0 amide bonds. The third-order valence-electron chi connectivity index (χ3n) is 5.29. The van der Waals surface area contributed by atoms with Crippen LogP contribution in [0.1, 0.15) is 43.7 Å². The zero-order chi connectivity index (χ0) is 22.2. The van der Waals surface area contributed by atoms with Crippen molar-refractivity contribution in [3.63, 3.8) is 0 Å². The first kappa shape index (κ1) is 22.7. The molecule has 0 saturated heterocycles. The van der Waals surface area contributed by atoms with E-state index in [0.717, 1.165) is 30.4 Å². The second-order valence-electron chi connectivity index (χ2n) is 7.87. The average Bonchev–Trinajstić information content (AvgIpc) is 2.74. The van der Waals surface area contributed by atoms with Gasteiger partial charge in [-0.05, 0) is 78.6 Å². The molecule has 3 aromatic rings. The highest BCUT2D eigenvalue weighted by Gasteiger charge is 2.16. The molecule has 0 fully saturated rings. The lowest BCUT2D eigenvalue weighted by Crippen LogP contribution is -2.08. The summed E-state index contributed by atoms with van der Waals surface area (Å²) in [5.41, 5.74) is 2.11. The van der Waals surface area contributed by atoms with Crippen LogP contribution in [-0.2, 0) is 6.42 Å². The van der Waals surface area contributed by atoms with E-state index in [9.17, 15) is 13.2 Å². The molecule has 0 spiro atoms. The SMILES string of the molecule is CC(C)C(CCCc1ccc(F)c(Oc2ccccc2)c1)c1ccc(OC(F)F)cc1. The fourth-order valence-corrected chi connectivity index (χ4v) is 3.70. The molecule has 0 heterocycles. The molecule has 0 aliphatic rings. The number of para-hydroxylation sites is 1. The Morgan fingerprint density at radius 2 is 1.55 bits per heavy atom. The Morgan fingerprint density at radius 1 is 0.839 bits per heavy atom. The van der Waals surface area contributed by atoms with Gasteiger partial charge in [-0.2, -0.15) is 8.78 Å². The third-order valence-corrected chi connectivity index (χ3v) is 5.29. The summed E-state index contributed by atoms with van der Waals surface area (Å²) in [7, 11) is 0. The first-order valence-electron chi connectivity index (χ1n) is 10.5. The Bertz CT molecular complexity index is 941. The molecule has 0 aliphatic heterocycles. The molecule has 0 bridgehead atoms. The van der Waals surface area contributed by atoms with Crippen molar-refractivity contribution in [2.45, 2.75) is 45.6 Å². The van der Waals surface area contributed by atoms with Crippen molar-refractivity contribution < 1.29 is 22.6 Å². The van der Waals surface area contributed by atoms with Crippen LogP contribution in [0.3, 0.4) is 0 Å². The van der Waals surface area contributed by atoms with Gasteiger partial charge in [0.25, 0.3) is 0 Å². The second kappa shape index (κ2) is 10.9. The zero-order valence-electron chi connectivity index (χ0n) is 17.7. The van der Waals surface area contributed by atoms with Crippen molar-refractivity contribution in [1.29, 1.82) is 0 Å². The summed E-state index contributed by atoms with van der Waals surface area (Å²) in [5.74, 6) is 1.28. The van der Waals surface area contributed by atoms with Gasteiger partial charge < -0.3 is 9.47 Å². The molecule has 3 aromatic carbocycles. The van der Waals surface area contributed by atoms with Crippen molar-refractivity contribution in [1.82, 2.24) is 0 Å². The summed E-state index contributed by atoms with van der Waals surface area (Å²) in [6, 6.07) is 21.0. The van der Waals surface area contributed by atoms with Crippen LogP contribution in [0.2, 0.25) is 0 Å². The van der Waals surface area contributed by atoms with Gasteiger partial charge in [-0.25, -0.2) is 4.39 Å². The van der Waals surface area contributed by atoms with E-state index in [1.807, 2.05) is 30.3 Å². The van der Waals surface area contributed by atoms with Crippen LogP contribution in [0.15, 0.2) is 72.8 Å². The number of aryl methyl sites for hydroxylation is 1. The molecule has 3 rings (SSSR count). The Hall–Kier alpha value is -2.95. The van der Waals surface area contributed by atoms with E-state index in [0.29, 0.717) is 17.6 Å². The number of halogens is 3. The molecule has 1 atom stereocenters. The molecular weight excluding hydrogens is 401 g/mol. The van der Waals surface area contributed by atoms with E-state index in [4.69, 9.17) is 4.74 Å². The number of alkyl halides is 2. The number of benzene rings is 3. The Morgan fingerprint density at radius 3 is 2.19 bits per heavy atom. The largest absolute Gasteiger partial charge is 0.454 e. The molecular formula is C26H27F3O2. The molecule has 2 nitrogen and oxygen atoms in total. The second-order valence-corrected chi connectivity index (χ2v) is 7.87. The Kier molecular flexibility index (Phi) is 7.99. The van der Waals surface area contributed by atoms with Gasteiger partial charge in [0.2, 0.25) is 0 Å². The summed E-state index contributed by atoms with van der Waals surface area (Å²) < 4.78 is 49.0. The van der Waals surface area contributed by atoms with Crippen LogP contribution in [0.5, 0.6) is 17.2 Å². The maximum Gasteiger partial charge on any atom is 0.387 e. The molecule has 0 radical (unpaired) electrons. The Balaban J connectivity index is 1.61. The highest BCUT2D eigenvalue weighted by molar-refractivity contribution is 5.35. The van der Waals surface area contributed by atoms with E-state index in [2.05, 4.69) is 18.6 Å². The van der Waals surface area contributed by atoms with E-state index in [1.54, 1.807) is 36.4 Å². The summed E-state index contributed by atoms with van der Waals surface area (Å²) >= 11 is 0. The molecule has 164 valence electrons. The summed E-state index contributed by atoms with van der Waals surface area (Å²) in [6.07, 6.45) is 2.63. The predicted molar refractivity (Wildman–Crippen MR) is 117 cm³/mol. The minimum Gasteiger partial charge on any atom is -0.454 e. The monoisotopic (exact) mass is 428 g/mol. The predicted octanol–water partition coefficient (Wildman–Crippen LogP) is 7.98. The lowest BCUT2D eigenvalue weighted by molar-refractivity contribution is -0.0498. The van der Waals surface area contributed by atoms with Crippen LogP contribution in [0.25, 0.3) is 0 Å². The number of hydrogen-bond donors (Lipinski definition) is 0. The van der Waals surface area contributed by atoms with Crippen molar-refractivity contribution >= 4 is 0 Å². The van der Waals surface area contributed by atoms with Crippen molar-refractivity contribution in [3.05, 3.63) is 89.7 Å². The zero-order valence-corrected chi connectivity index (χ0v) is 17.7. The Labute approximate surface area is 181 Å². The molecule has 1 unspecified atom stereocenters. The topological polar surface area (TPSA) is 18.5 Å². The van der Waals surface area contributed by atoms with Crippen LogP contribution < -0.4 is 9.47 Å². The first-order chi connectivity index (χ1) is 14.9. The standard InChI is InChI=1S/C26H27F3O2/c1-18(2)23(20-12-14-22(15-13-20)31-26(28)29)10-6-7-19-11-16-24(27)25(17-19)30-21-8-4-3-5-9-21/h3-5,8-9,11-18,23,26H,6-7,10H2,1-2H3. The quantitative estimate of drug-likeness (QED) is 0.326. The van der Waals surface area contributed by atoms with Crippen LogP contribution >= 0.6 is 0 Å². The lowest BCUT2D eigenvalue weighted by atomic mass is 9.84. The molecule has 0 aliphatic carbocycles. The van der Waals surface area contributed by atoms with E-state index in [1.165, 1.54) is 6.07 Å². The summed E-state index contributed by atoms with van der Waals surface area (Å²) in [6.45, 7) is 1.48. The lowest BCUT2D eigenvalue weighted by Gasteiger charge is -2.22. The van der Waals surface area contributed by atoms with Gasteiger partial charge in [0.1, 0.15) is 11.5 Å². The fraction of sp³-hybridized carbons (Fsp3) is 0.308. The van der Waals surface area contributed by atoms with Gasteiger partial charge in [-0.15, -0.1) is 0 Å². The van der Waals surface area contributed by atoms with Gasteiger partial charge in [0.15, 0.2) is 11.6 Å². The molecule has 0 N–H and O–H groups in total. The van der Waals surface area contributed by atoms with Crippen molar-refractivity contribution in [2.75, 3.05) is 0 Å². The normalized spacial score (nSPS) is 12.2. The highest BCUT2D eigenvalue weighted by Crippen LogP contribution is 2.32. The minimum absolute atomic E-state index is 0.165. The third kappa shape index (κ3) is 6.78. The molecule has 0 aromatic heterocycles. The molecule has 0 saturated carbocycles. The van der Waals surface area contributed by atoms with Crippen molar-refractivity contribution in [2.24, 2.45) is 5.92 Å². The van der Waals surface area contributed by atoms with Gasteiger partial charge in [-0.3, -0.25) is 0 Å². The number of rotatable bonds is 10. The van der Waals surface area contributed by atoms with Gasteiger partial charge in [0, 0.05) is 0 Å². The summed E-state index contributed by atoms with van der Waals surface area (Å²) in [4.78, 5) is 0. The molecule has 5 heteroatoms. The van der Waals surface area contributed by atoms with Gasteiger partial charge >= 0.3 is 6.61 Å². The van der Waals surface area contributed by atoms with E-state index >= 15 is 0 Å². The smallest absolute Gasteiger partial charge is 0.387 e. The molecule has 31 heavy (non-hydrogen) atoms. The van der Waals surface area contributed by atoms with Crippen molar-refractivity contribution in [3.8, 4) is 17.2 Å². The van der Waals surface area contributed by atoms with Crippen LogP contribution in [0, 0.1) is 11.7 Å². The van der Waals surface area contributed by atoms with Crippen LogP contribution in [0.4, 0.5) is 13.2 Å². The van der Waals surface area contributed by atoms with E-state index in [-0.39, 0.29) is 11.5 Å². The number of hydrogen-bond acceptors (Lipinski definition) is 2. The average molecular weight is 428 g/mol. The minimum atomic E-state index is -2.82. The maximum atomic E-state index is 14.2.